The van der Waals surface area contributed by atoms with Gasteiger partial charge in [-0.2, -0.15) is 0 Å². The van der Waals surface area contributed by atoms with Crippen molar-refractivity contribution >= 4 is 11.6 Å². The van der Waals surface area contributed by atoms with Crippen LogP contribution >= 0.6 is 0 Å². The van der Waals surface area contributed by atoms with Crippen LogP contribution in [0.5, 0.6) is 11.5 Å². The summed E-state index contributed by atoms with van der Waals surface area (Å²) in [6.45, 7) is 5.85. The minimum atomic E-state index is -0.455. The van der Waals surface area contributed by atoms with Crippen molar-refractivity contribution in [2.24, 2.45) is 11.3 Å². The van der Waals surface area contributed by atoms with E-state index in [9.17, 15) is 9.90 Å². The summed E-state index contributed by atoms with van der Waals surface area (Å²) >= 11 is 0. The Labute approximate surface area is 125 Å². The molecule has 116 valence electrons. The molecule has 1 aromatic carbocycles. The number of rotatable bonds is 4. The Balaban J connectivity index is 2.07. The normalized spacial score (nSPS) is 19.1. The van der Waals surface area contributed by atoms with Gasteiger partial charge < -0.3 is 20.5 Å². The topological polar surface area (TPSA) is 70.6 Å². The standard InChI is InChI=1S/C16H24N2O3/c1-16(2,11-5-4-8-17-10-11)15(20)18-12-6-7-14(21-3)13(19)9-12/h6-7,9,11,17,19H,4-5,8,10H2,1-3H3,(H,18,20). The van der Waals surface area contributed by atoms with E-state index in [0.29, 0.717) is 17.4 Å². The number of phenolic OH excluding ortho intramolecular Hbond substituents is 1. The average molecular weight is 292 g/mol. The largest absolute Gasteiger partial charge is 0.504 e. The summed E-state index contributed by atoms with van der Waals surface area (Å²) in [6.07, 6.45) is 2.16. The van der Waals surface area contributed by atoms with Gasteiger partial charge in [0, 0.05) is 17.2 Å². The number of ether oxygens (including phenoxy) is 1. The van der Waals surface area contributed by atoms with Gasteiger partial charge in [-0.05, 0) is 44.0 Å². The van der Waals surface area contributed by atoms with Crippen LogP contribution in [0.15, 0.2) is 18.2 Å². The van der Waals surface area contributed by atoms with E-state index in [4.69, 9.17) is 4.74 Å². The van der Waals surface area contributed by atoms with Crippen LogP contribution in [0.3, 0.4) is 0 Å². The van der Waals surface area contributed by atoms with E-state index >= 15 is 0 Å². The SMILES string of the molecule is COc1ccc(NC(=O)C(C)(C)C2CCCNC2)cc1O. The quantitative estimate of drug-likeness (QED) is 0.797. The number of amides is 1. The van der Waals surface area contributed by atoms with Gasteiger partial charge in [0.25, 0.3) is 0 Å². The summed E-state index contributed by atoms with van der Waals surface area (Å²) in [5.41, 5.74) is 0.123. The van der Waals surface area contributed by atoms with Crippen LogP contribution in [0.1, 0.15) is 26.7 Å². The minimum absolute atomic E-state index is 0.0208. The zero-order valence-corrected chi connectivity index (χ0v) is 12.9. The zero-order valence-electron chi connectivity index (χ0n) is 12.9. The lowest BCUT2D eigenvalue weighted by Crippen LogP contribution is -2.44. The van der Waals surface area contributed by atoms with E-state index in [0.717, 1.165) is 25.9 Å². The molecule has 0 bridgehead atoms. The van der Waals surface area contributed by atoms with Gasteiger partial charge in [0.2, 0.25) is 5.91 Å². The number of anilines is 1. The molecule has 1 heterocycles. The molecule has 0 spiro atoms. The summed E-state index contributed by atoms with van der Waals surface area (Å²) in [7, 11) is 1.49. The van der Waals surface area contributed by atoms with Crippen LogP contribution < -0.4 is 15.4 Å². The Morgan fingerprint density at radius 2 is 2.24 bits per heavy atom. The van der Waals surface area contributed by atoms with Crippen molar-refractivity contribution in [1.82, 2.24) is 5.32 Å². The van der Waals surface area contributed by atoms with Crippen LogP contribution in [0.2, 0.25) is 0 Å². The van der Waals surface area contributed by atoms with Crippen molar-refractivity contribution in [3.8, 4) is 11.5 Å². The number of carbonyl (C=O) groups excluding carboxylic acids is 1. The lowest BCUT2D eigenvalue weighted by molar-refractivity contribution is -0.127. The predicted molar refractivity (Wildman–Crippen MR) is 82.7 cm³/mol. The lowest BCUT2D eigenvalue weighted by atomic mass is 9.74. The lowest BCUT2D eigenvalue weighted by Gasteiger charge is -2.36. The number of phenols is 1. The molecule has 2 rings (SSSR count). The molecular formula is C16H24N2O3. The number of benzene rings is 1. The molecule has 0 aromatic heterocycles. The fourth-order valence-corrected chi connectivity index (χ4v) is 2.71. The maximum Gasteiger partial charge on any atom is 0.230 e. The Morgan fingerprint density at radius 3 is 2.81 bits per heavy atom. The third-order valence-corrected chi connectivity index (χ3v) is 4.34. The molecule has 1 aliphatic heterocycles. The summed E-state index contributed by atoms with van der Waals surface area (Å²) in [4.78, 5) is 12.5. The molecule has 5 heteroatoms. The third kappa shape index (κ3) is 3.47. The van der Waals surface area contributed by atoms with E-state index in [1.54, 1.807) is 12.1 Å². The van der Waals surface area contributed by atoms with E-state index in [1.165, 1.54) is 13.2 Å². The number of carbonyl (C=O) groups is 1. The van der Waals surface area contributed by atoms with Gasteiger partial charge in [-0.25, -0.2) is 0 Å². The maximum atomic E-state index is 12.5. The van der Waals surface area contributed by atoms with Crippen LogP contribution in [0, 0.1) is 11.3 Å². The van der Waals surface area contributed by atoms with Crippen molar-refractivity contribution < 1.29 is 14.6 Å². The molecule has 1 aliphatic rings. The van der Waals surface area contributed by atoms with Gasteiger partial charge in [0.05, 0.1) is 7.11 Å². The summed E-state index contributed by atoms with van der Waals surface area (Å²) in [5, 5.41) is 16.0. The van der Waals surface area contributed by atoms with Gasteiger partial charge >= 0.3 is 0 Å². The first-order chi connectivity index (χ1) is 9.95. The van der Waals surface area contributed by atoms with Gasteiger partial charge in [0.15, 0.2) is 11.5 Å². The molecule has 5 nitrogen and oxygen atoms in total. The number of aromatic hydroxyl groups is 1. The highest BCUT2D eigenvalue weighted by molar-refractivity contribution is 5.95. The summed E-state index contributed by atoms with van der Waals surface area (Å²) in [6, 6.07) is 4.87. The molecule has 1 atom stereocenters. The first-order valence-corrected chi connectivity index (χ1v) is 7.34. The first-order valence-electron chi connectivity index (χ1n) is 7.34. The van der Waals surface area contributed by atoms with Crippen molar-refractivity contribution in [3.05, 3.63) is 18.2 Å². The molecule has 0 radical (unpaired) electrons. The van der Waals surface area contributed by atoms with Crippen molar-refractivity contribution in [2.75, 3.05) is 25.5 Å². The number of hydrogen-bond acceptors (Lipinski definition) is 4. The molecule has 0 aliphatic carbocycles. The number of piperidine rings is 1. The van der Waals surface area contributed by atoms with E-state index in [1.807, 2.05) is 13.8 Å². The van der Waals surface area contributed by atoms with Crippen LogP contribution in [0.4, 0.5) is 5.69 Å². The number of nitrogens with one attached hydrogen (secondary N) is 2. The van der Waals surface area contributed by atoms with Crippen LogP contribution in [-0.4, -0.2) is 31.2 Å². The third-order valence-electron chi connectivity index (χ3n) is 4.34. The van der Waals surface area contributed by atoms with Crippen molar-refractivity contribution in [2.45, 2.75) is 26.7 Å². The first kappa shape index (κ1) is 15.6. The van der Waals surface area contributed by atoms with Crippen molar-refractivity contribution in [1.29, 1.82) is 0 Å². The molecule has 21 heavy (non-hydrogen) atoms. The highest BCUT2D eigenvalue weighted by Gasteiger charge is 2.37. The molecular weight excluding hydrogens is 268 g/mol. The monoisotopic (exact) mass is 292 g/mol. The number of methoxy groups -OCH3 is 1. The second-order valence-electron chi connectivity index (χ2n) is 6.11. The summed E-state index contributed by atoms with van der Waals surface area (Å²) in [5.74, 6) is 0.704. The van der Waals surface area contributed by atoms with E-state index in [2.05, 4.69) is 10.6 Å². The molecule has 1 amide bonds. The van der Waals surface area contributed by atoms with Crippen LogP contribution in [-0.2, 0) is 4.79 Å². The predicted octanol–water partition coefficient (Wildman–Crippen LogP) is 2.37. The Morgan fingerprint density at radius 1 is 1.48 bits per heavy atom. The second-order valence-corrected chi connectivity index (χ2v) is 6.11. The smallest absolute Gasteiger partial charge is 0.230 e. The molecule has 1 fully saturated rings. The Kier molecular flexibility index (Phi) is 4.73. The van der Waals surface area contributed by atoms with Gasteiger partial charge in [-0.3, -0.25) is 4.79 Å². The average Bonchev–Trinajstić information content (AvgIpc) is 2.48. The van der Waals surface area contributed by atoms with Crippen molar-refractivity contribution in [3.63, 3.8) is 0 Å². The van der Waals surface area contributed by atoms with E-state index in [-0.39, 0.29) is 11.7 Å². The maximum absolute atomic E-state index is 12.5. The molecule has 3 N–H and O–H groups in total. The Bertz CT molecular complexity index is 508. The summed E-state index contributed by atoms with van der Waals surface area (Å²) < 4.78 is 5.00. The second kappa shape index (κ2) is 6.35. The highest BCUT2D eigenvalue weighted by atomic mass is 16.5. The zero-order chi connectivity index (χ0) is 15.5. The Hall–Kier alpha value is -1.75. The minimum Gasteiger partial charge on any atom is -0.504 e. The van der Waals surface area contributed by atoms with Gasteiger partial charge in [-0.15, -0.1) is 0 Å². The fraction of sp³-hybridized carbons (Fsp3) is 0.562. The van der Waals surface area contributed by atoms with Gasteiger partial charge in [0.1, 0.15) is 0 Å². The molecule has 1 unspecified atom stereocenters. The highest BCUT2D eigenvalue weighted by Crippen LogP contribution is 2.34. The number of hydrogen-bond donors (Lipinski definition) is 3. The molecule has 1 aromatic rings. The van der Waals surface area contributed by atoms with Crippen LogP contribution in [0.25, 0.3) is 0 Å². The van der Waals surface area contributed by atoms with E-state index < -0.39 is 5.41 Å². The molecule has 0 saturated carbocycles. The molecule has 1 saturated heterocycles. The fourth-order valence-electron chi connectivity index (χ4n) is 2.71. The van der Waals surface area contributed by atoms with Gasteiger partial charge in [-0.1, -0.05) is 13.8 Å².